The lowest BCUT2D eigenvalue weighted by Gasteiger charge is -2.26. The molecule has 0 fully saturated rings. The van der Waals surface area contributed by atoms with Gasteiger partial charge in [-0.25, -0.2) is 9.79 Å². The van der Waals surface area contributed by atoms with Crippen LogP contribution in [0.2, 0.25) is 0 Å². The highest BCUT2D eigenvalue weighted by molar-refractivity contribution is 7.07. The number of hydrogen-bond donors (Lipinski definition) is 0. The van der Waals surface area contributed by atoms with Gasteiger partial charge >= 0.3 is 5.97 Å². The lowest BCUT2D eigenvalue weighted by Crippen LogP contribution is -2.40. The number of rotatable bonds is 8. The largest absolute Gasteiger partial charge is 0.493 e. The standard InChI is InChI=1S/C30H27N3O7S/c1-5-15-39-23-12-7-6-9-21(23)27-26(29(35)38-4)18(3)31-30-32(27)28(34)25(41-30)16-19-13-14-24(40-19)20-10-8-11-22(17(20)2)33(36)37/h6-14,16,27H,5,15H2,1-4H3/b25-16+/t27-/m1/s1. The number of benzene rings is 2. The van der Waals surface area contributed by atoms with Crippen molar-refractivity contribution in [2.24, 2.45) is 4.99 Å². The Morgan fingerprint density at radius 2 is 1.95 bits per heavy atom. The Morgan fingerprint density at radius 1 is 1.17 bits per heavy atom. The van der Waals surface area contributed by atoms with Crippen molar-refractivity contribution in [2.45, 2.75) is 33.2 Å². The van der Waals surface area contributed by atoms with Crippen molar-refractivity contribution in [3.8, 4) is 17.1 Å². The van der Waals surface area contributed by atoms with Gasteiger partial charge in [0.1, 0.15) is 23.3 Å². The molecule has 0 aliphatic carbocycles. The molecule has 4 aromatic rings. The van der Waals surface area contributed by atoms with Crippen molar-refractivity contribution in [2.75, 3.05) is 13.7 Å². The van der Waals surface area contributed by atoms with Gasteiger partial charge in [0.25, 0.3) is 11.2 Å². The molecule has 2 aromatic heterocycles. The number of esters is 1. The molecule has 0 unspecified atom stereocenters. The minimum absolute atomic E-state index is 0.00580. The van der Waals surface area contributed by atoms with E-state index in [-0.39, 0.29) is 16.8 Å². The molecule has 3 heterocycles. The Kier molecular flexibility index (Phi) is 7.71. The Labute approximate surface area is 238 Å². The van der Waals surface area contributed by atoms with E-state index in [1.807, 2.05) is 31.2 Å². The summed E-state index contributed by atoms with van der Waals surface area (Å²) in [7, 11) is 1.29. The minimum Gasteiger partial charge on any atom is -0.493 e. The highest BCUT2D eigenvalue weighted by Crippen LogP contribution is 2.36. The normalized spacial score (nSPS) is 14.9. The molecule has 41 heavy (non-hydrogen) atoms. The van der Waals surface area contributed by atoms with Crippen molar-refractivity contribution in [1.82, 2.24) is 4.57 Å². The average Bonchev–Trinajstić information content (AvgIpc) is 3.54. The van der Waals surface area contributed by atoms with Gasteiger partial charge in [0, 0.05) is 28.8 Å². The van der Waals surface area contributed by atoms with E-state index in [0.29, 0.717) is 55.6 Å². The summed E-state index contributed by atoms with van der Waals surface area (Å²) in [6.07, 6.45) is 2.39. The monoisotopic (exact) mass is 573 g/mol. The van der Waals surface area contributed by atoms with E-state index in [4.69, 9.17) is 13.9 Å². The van der Waals surface area contributed by atoms with E-state index in [0.717, 1.165) is 6.42 Å². The molecule has 10 nitrogen and oxygen atoms in total. The van der Waals surface area contributed by atoms with Gasteiger partial charge in [-0.15, -0.1) is 0 Å². The SMILES string of the molecule is CCCOc1ccccc1[C@@H]1C(C(=O)OC)=C(C)N=c2s/c(=C/c3ccc(-c4cccc([N+](=O)[O-])c4C)o3)c(=O)n21. The number of nitrogens with zero attached hydrogens (tertiary/aromatic N) is 3. The van der Waals surface area contributed by atoms with Crippen LogP contribution in [0.15, 0.2) is 80.1 Å². The molecule has 5 rings (SSSR count). The smallest absolute Gasteiger partial charge is 0.338 e. The first-order valence-corrected chi connectivity index (χ1v) is 13.7. The highest BCUT2D eigenvalue weighted by Gasteiger charge is 2.34. The summed E-state index contributed by atoms with van der Waals surface area (Å²) in [5.74, 6) is 0.809. The summed E-state index contributed by atoms with van der Waals surface area (Å²) in [4.78, 5) is 42.8. The first kappa shape index (κ1) is 27.8. The van der Waals surface area contributed by atoms with E-state index >= 15 is 0 Å². The third-order valence-electron chi connectivity index (χ3n) is 6.77. The molecule has 210 valence electrons. The van der Waals surface area contributed by atoms with Crippen LogP contribution in [-0.2, 0) is 9.53 Å². The van der Waals surface area contributed by atoms with Crippen LogP contribution >= 0.6 is 11.3 Å². The number of aromatic nitrogens is 1. The van der Waals surface area contributed by atoms with E-state index < -0.39 is 16.9 Å². The fraction of sp³-hybridized carbons (Fsp3) is 0.233. The van der Waals surface area contributed by atoms with Gasteiger partial charge in [0.05, 0.1) is 34.4 Å². The summed E-state index contributed by atoms with van der Waals surface area (Å²) in [6, 6.07) is 14.7. The van der Waals surface area contributed by atoms with Crippen molar-refractivity contribution < 1.29 is 23.6 Å². The number of nitro groups is 1. The average molecular weight is 574 g/mol. The Balaban J connectivity index is 1.65. The first-order valence-electron chi connectivity index (χ1n) is 12.9. The van der Waals surface area contributed by atoms with Gasteiger partial charge in [-0.2, -0.15) is 0 Å². The number of thiazole rings is 1. The number of ether oxygens (including phenoxy) is 2. The number of carbonyl (C=O) groups excluding carboxylic acids is 1. The lowest BCUT2D eigenvalue weighted by molar-refractivity contribution is -0.385. The third-order valence-corrected chi connectivity index (χ3v) is 7.75. The number of nitro benzene ring substituents is 1. The zero-order valence-electron chi connectivity index (χ0n) is 22.9. The van der Waals surface area contributed by atoms with E-state index in [1.54, 1.807) is 44.2 Å². The van der Waals surface area contributed by atoms with Crippen LogP contribution in [0.1, 0.15) is 43.2 Å². The Hall–Kier alpha value is -4.77. The zero-order chi connectivity index (χ0) is 29.3. The summed E-state index contributed by atoms with van der Waals surface area (Å²) in [5, 5.41) is 11.4. The molecule has 1 atom stereocenters. The van der Waals surface area contributed by atoms with E-state index in [1.165, 1.54) is 29.1 Å². The van der Waals surface area contributed by atoms with Crippen molar-refractivity contribution in [1.29, 1.82) is 0 Å². The van der Waals surface area contributed by atoms with Crippen molar-refractivity contribution in [3.05, 3.63) is 113 Å². The number of para-hydroxylation sites is 1. The predicted molar refractivity (Wildman–Crippen MR) is 154 cm³/mol. The molecule has 0 saturated carbocycles. The zero-order valence-corrected chi connectivity index (χ0v) is 23.7. The molecule has 0 radical (unpaired) electrons. The summed E-state index contributed by atoms with van der Waals surface area (Å²) in [6.45, 7) is 5.85. The third kappa shape index (κ3) is 5.11. The predicted octanol–water partition coefficient (Wildman–Crippen LogP) is 4.67. The number of fused-ring (bicyclic) bond motifs is 1. The van der Waals surface area contributed by atoms with Gasteiger partial charge in [0.2, 0.25) is 0 Å². The molecule has 1 aliphatic rings. The van der Waals surface area contributed by atoms with Gasteiger partial charge in [-0.3, -0.25) is 19.5 Å². The number of methoxy groups -OCH3 is 1. The van der Waals surface area contributed by atoms with Crippen LogP contribution < -0.4 is 19.6 Å². The maximum Gasteiger partial charge on any atom is 0.338 e. The molecule has 0 bridgehead atoms. The van der Waals surface area contributed by atoms with Gasteiger partial charge < -0.3 is 13.9 Å². The van der Waals surface area contributed by atoms with Crippen LogP contribution in [0.5, 0.6) is 5.75 Å². The number of allylic oxidation sites excluding steroid dienone is 1. The highest BCUT2D eigenvalue weighted by atomic mass is 32.1. The fourth-order valence-corrected chi connectivity index (χ4v) is 5.86. The van der Waals surface area contributed by atoms with Crippen molar-refractivity contribution in [3.63, 3.8) is 0 Å². The topological polar surface area (TPSA) is 126 Å². The second-order valence-electron chi connectivity index (χ2n) is 9.37. The van der Waals surface area contributed by atoms with Gasteiger partial charge in [-0.05, 0) is 38.5 Å². The molecule has 11 heteroatoms. The van der Waals surface area contributed by atoms with Crippen LogP contribution in [0, 0.1) is 17.0 Å². The van der Waals surface area contributed by atoms with Gasteiger partial charge in [-0.1, -0.05) is 48.6 Å². The Bertz CT molecular complexity index is 1880. The maximum atomic E-state index is 13.9. The number of hydrogen-bond acceptors (Lipinski definition) is 9. The summed E-state index contributed by atoms with van der Waals surface area (Å²) in [5.41, 5.74) is 2.04. The molecular weight excluding hydrogens is 546 g/mol. The van der Waals surface area contributed by atoms with E-state index in [2.05, 4.69) is 4.99 Å². The van der Waals surface area contributed by atoms with Crippen LogP contribution in [0.25, 0.3) is 17.4 Å². The molecule has 2 aromatic carbocycles. The molecule has 0 spiro atoms. The van der Waals surface area contributed by atoms with Crippen LogP contribution in [0.4, 0.5) is 5.69 Å². The number of furan rings is 1. The van der Waals surface area contributed by atoms with Crippen molar-refractivity contribution >= 4 is 29.1 Å². The molecule has 0 N–H and O–H groups in total. The molecular formula is C30H27N3O7S. The van der Waals surface area contributed by atoms with Gasteiger partial charge in [0.15, 0.2) is 4.80 Å². The quantitative estimate of drug-likeness (QED) is 0.170. The minimum atomic E-state index is -0.811. The second kappa shape index (κ2) is 11.4. The maximum absolute atomic E-state index is 13.9. The second-order valence-corrected chi connectivity index (χ2v) is 10.4. The number of carbonyl (C=O) groups is 1. The van der Waals surface area contributed by atoms with E-state index in [9.17, 15) is 19.7 Å². The first-order chi connectivity index (χ1) is 19.7. The van der Waals surface area contributed by atoms with Crippen LogP contribution in [-0.4, -0.2) is 29.2 Å². The molecule has 1 aliphatic heterocycles. The molecule has 0 amide bonds. The molecule has 0 saturated heterocycles. The van der Waals surface area contributed by atoms with Crippen LogP contribution in [0.3, 0.4) is 0 Å². The summed E-state index contributed by atoms with van der Waals surface area (Å²) < 4.78 is 18.9. The Morgan fingerprint density at radius 3 is 2.68 bits per heavy atom. The summed E-state index contributed by atoms with van der Waals surface area (Å²) >= 11 is 1.17. The lowest BCUT2D eigenvalue weighted by atomic mass is 9.95. The fourth-order valence-electron chi connectivity index (χ4n) is 4.83.